The van der Waals surface area contributed by atoms with Gasteiger partial charge in [0.05, 0.1) is 18.3 Å². The zero-order valence-corrected chi connectivity index (χ0v) is 26.0. The second-order valence-electron chi connectivity index (χ2n) is 11.1. The van der Waals surface area contributed by atoms with E-state index < -0.39 is 0 Å². The van der Waals surface area contributed by atoms with Crippen LogP contribution in [0.2, 0.25) is 0 Å². The second kappa shape index (κ2) is 12.2. The summed E-state index contributed by atoms with van der Waals surface area (Å²) in [7, 11) is 1.61. The molecule has 0 saturated heterocycles. The summed E-state index contributed by atoms with van der Waals surface area (Å²) in [6.07, 6.45) is 10.2. The summed E-state index contributed by atoms with van der Waals surface area (Å²) in [5, 5.41) is 23.8. The van der Waals surface area contributed by atoms with Gasteiger partial charge in [0, 0.05) is 98.3 Å². The number of oxazole rings is 1. The first kappa shape index (κ1) is 29.3. The van der Waals surface area contributed by atoms with E-state index in [1.54, 1.807) is 31.9 Å². The van der Waals surface area contributed by atoms with E-state index in [0.717, 1.165) is 33.9 Å². The number of methoxy groups -OCH3 is 1. The third kappa shape index (κ3) is 5.01. The van der Waals surface area contributed by atoms with Crippen LogP contribution < -0.4 is 4.74 Å². The molecular formula is C38H29N7O2. The van der Waals surface area contributed by atoms with Gasteiger partial charge in [0.15, 0.2) is 11.5 Å². The number of hydrogen-bond donors (Lipinski definition) is 2. The summed E-state index contributed by atoms with van der Waals surface area (Å²) in [5.41, 5.74) is 8.28. The molecule has 0 radical (unpaired) electrons. The summed E-state index contributed by atoms with van der Waals surface area (Å²) in [5.74, 6) is 1.31. The SMILES string of the molecule is CCCc1nc2c(ccc3[nH]cc(/C(C#N)=C(\C(=C(\C#N)c4c(C)[nH]c5ccc(OC)cc45)c4cccnc4)c4cccnc4)c32)o1. The Morgan fingerprint density at radius 3 is 2.26 bits per heavy atom. The van der Waals surface area contributed by atoms with Crippen molar-refractivity contribution in [2.75, 3.05) is 7.11 Å². The van der Waals surface area contributed by atoms with E-state index in [-0.39, 0.29) is 0 Å². The van der Waals surface area contributed by atoms with Gasteiger partial charge in [-0.2, -0.15) is 10.5 Å². The van der Waals surface area contributed by atoms with Gasteiger partial charge < -0.3 is 19.1 Å². The van der Waals surface area contributed by atoms with Crippen molar-refractivity contribution in [3.63, 3.8) is 0 Å². The first-order valence-electron chi connectivity index (χ1n) is 15.2. The number of fused-ring (bicyclic) bond motifs is 4. The predicted molar refractivity (Wildman–Crippen MR) is 183 cm³/mol. The quantitative estimate of drug-likeness (QED) is 0.129. The van der Waals surface area contributed by atoms with Crippen LogP contribution in [0.25, 0.3) is 55.2 Å². The van der Waals surface area contributed by atoms with E-state index in [4.69, 9.17) is 14.1 Å². The molecule has 9 nitrogen and oxygen atoms in total. The van der Waals surface area contributed by atoms with Crippen molar-refractivity contribution in [3.05, 3.63) is 119 Å². The Morgan fingerprint density at radius 2 is 1.62 bits per heavy atom. The third-order valence-electron chi connectivity index (χ3n) is 8.30. The number of hydrogen-bond acceptors (Lipinski definition) is 7. The highest BCUT2D eigenvalue weighted by atomic mass is 16.5. The Labute approximate surface area is 270 Å². The van der Waals surface area contributed by atoms with Gasteiger partial charge in [-0.25, -0.2) is 4.98 Å². The average molecular weight is 616 g/mol. The molecule has 228 valence electrons. The van der Waals surface area contributed by atoms with Crippen molar-refractivity contribution in [1.29, 1.82) is 10.5 Å². The lowest BCUT2D eigenvalue weighted by Crippen LogP contribution is -2.01. The Balaban J connectivity index is 1.65. The van der Waals surface area contributed by atoms with Crippen LogP contribution in [0, 0.1) is 29.6 Å². The maximum Gasteiger partial charge on any atom is 0.195 e. The average Bonchev–Trinajstić information content (AvgIpc) is 3.81. The molecule has 7 rings (SSSR count). The number of H-pyrrole nitrogens is 2. The molecule has 0 aliphatic carbocycles. The van der Waals surface area contributed by atoms with Crippen LogP contribution >= 0.6 is 0 Å². The molecule has 0 unspecified atom stereocenters. The van der Waals surface area contributed by atoms with Gasteiger partial charge in [0.1, 0.15) is 23.4 Å². The highest BCUT2D eigenvalue weighted by Crippen LogP contribution is 2.45. The van der Waals surface area contributed by atoms with Crippen molar-refractivity contribution in [3.8, 4) is 17.9 Å². The van der Waals surface area contributed by atoms with Crippen molar-refractivity contribution in [2.24, 2.45) is 0 Å². The number of aromatic nitrogens is 5. The van der Waals surface area contributed by atoms with Crippen molar-refractivity contribution < 1.29 is 9.15 Å². The molecular weight excluding hydrogens is 586 g/mol. The van der Waals surface area contributed by atoms with Gasteiger partial charge in [0.25, 0.3) is 0 Å². The standard InChI is InChI=1S/C38H29N7O2/c1-4-7-33-45-38-32(47-33)13-12-31-37(38)29(21-43-31)27(17-39)35(23-8-5-14-41-19-23)36(24-9-6-15-42-20-24)28(18-40)34-22(2)44-30-11-10-25(46-3)16-26(30)34/h5-6,8-16,19-21,43-44H,4,7H2,1-3H3/b35-27-,36-28-. The fourth-order valence-corrected chi connectivity index (χ4v) is 6.26. The molecule has 0 bridgehead atoms. The number of benzene rings is 2. The molecule has 7 aromatic rings. The number of ether oxygens (including phenoxy) is 1. The summed E-state index contributed by atoms with van der Waals surface area (Å²) in [4.78, 5) is 20.5. The molecule has 5 aromatic heterocycles. The second-order valence-corrected chi connectivity index (χ2v) is 11.1. The smallest absolute Gasteiger partial charge is 0.195 e. The number of rotatable bonds is 8. The molecule has 2 aromatic carbocycles. The van der Waals surface area contributed by atoms with Crippen LogP contribution in [-0.2, 0) is 6.42 Å². The van der Waals surface area contributed by atoms with Gasteiger partial charge in [0.2, 0.25) is 0 Å². The molecule has 0 saturated carbocycles. The minimum Gasteiger partial charge on any atom is -0.497 e. The highest BCUT2D eigenvalue weighted by molar-refractivity contribution is 6.28. The Hall–Kier alpha value is -6.45. The first-order chi connectivity index (χ1) is 23.1. The molecule has 0 amide bonds. The predicted octanol–water partition coefficient (Wildman–Crippen LogP) is 8.42. The fraction of sp³-hybridized carbons (Fsp3) is 0.132. The van der Waals surface area contributed by atoms with Crippen LogP contribution in [0.4, 0.5) is 0 Å². The van der Waals surface area contributed by atoms with Crippen LogP contribution in [0.1, 0.15) is 47.2 Å². The van der Waals surface area contributed by atoms with Crippen molar-refractivity contribution in [1.82, 2.24) is 24.9 Å². The number of aryl methyl sites for hydroxylation is 2. The van der Waals surface area contributed by atoms with Gasteiger partial charge in [-0.15, -0.1) is 0 Å². The minimum atomic E-state index is 0.346. The molecule has 2 N–H and O–H groups in total. The number of allylic oxidation sites excluding steroid dienone is 4. The van der Waals surface area contributed by atoms with E-state index >= 15 is 0 Å². The molecule has 0 aliphatic rings. The van der Waals surface area contributed by atoms with Gasteiger partial charge in [-0.05, 0) is 55.8 Å². The molecule has 0 aliphatic heterocycles. The van der Waals surface area contributed by atoms with E-state index in [0.29, 0.717) is 73.7 Å². The van der Waals surface area contributed by atoms with Gasteiger partial charge in [-0.1, -0.05) is 19.1 Å². The molecule has 0 atom stereocenters. The lowest BCUT2D eigenvalue weighted by atomic mass is 9.83. The molecule has 0 spiro atoms. The summed E-state index contributed by atoms with van der Waals surface area (Å²) < 4.78 is 11.6. The minimum absolute atomic E-state index is 0.346. The van der Waals surface area contributed by atoms with Crippen molar-refractivity contribution in [2.45, 2.75) is 26.7 Å². The van der Waals surface area contributed by atoms with Crippen LogP contribution in [0.5, 0.6) is 5.75 Å². The Morgan fingerprint density at radius 1 is 0.915 bits per heavy atom. The van der Waals surface area contributed by atoms with Gasteiger partial charge in [-0.3, -0.25) is 9.97 Å². The first-order valence-corrected chi connectivity index (χ1v) is 15.2. The van der Waals surface area contributed by atoms with Crippen molar-refractivity contribution >= 4 is 55.2 Å². The molecule has 9 heteroatoms. The normalized spacial score (nSPS) is 12.5. The lowest BCUT2D eigenvalue weighted by molar-refractivity contribution is 0.415. The fourth-order valence-electron chi connectivity index (χ4n) is 6.26. The van der Waals surface area contributed by atoms with Crippen LogP contribution in [0.15, 0.2) is 90.0 Å². The van der Waals surface area contributed by atoms with E-state index in [2.05, 4.69) is 39.0 Å². The largest absolute Gasteiger partial charge is 0.497 e. The van der Waals surface area contributed by atoms with Crippen LogP contribution in [-0.4, -0.2) is 32.0 Å². The topological polar surface area (TPSA) is 140 Å². The maximum atomic E-state index is 11.1. The number of nitrogens with one attached hydrogen (secondary N) is 2. The Kier molecular flexibility index (Phi) is 7.57. The Bertz CT molecular complexity index is 2430. The summed E-state index contributed by atoms with van der Waals surface area (Å²) >= 11 is 0. The zero-order chi connectivity index (χ0) is 32.5. The summed E-state index contributed by atoms with van der Waals surface area (Å²) in [6.45, 7) is 4.01. The van der Waals surface area contributed by atoms with E-state index in [9.17, 15) is 10.5 Å². The highest BCUT2D eigenvalue weighted by Gasteiger charge is 2.27. The maximum absolute atomic E-state index is 11.1. The zero-order valence-electron chi connectivity index (χ0n) is 26.0. The molecule has 0 fully saturated rings. The number of nitrogens with zero attached hydrogens (tertiary/aromatic N) is 5. The summed E-state index contributed by atoms with van der Waals surface area (Å²) in [6, 6.07) is 22.0. The molecule has 47 heavy (non-hydrogen) atoms. The monoisotopic (exact) mass is 615 g/mol. The number of aromatic amines is 2. The lowest BCUT2D eigenvalue weighted by Gasteiger charge is -2.18. The van der Waals surface area contributed by atoms with E-state index in [1.807, 2.05) is 67.7 Å². The number of nitriles is 2. The number of pyridine rings is 2. The van der Waals surface area contributed by atoms with Crippen LogP contribution in [0.3, 0.4) is 0 Å². The third-order valence-corrected chi connectivity index (χ3v) is 8.30. The molecule has 5 heterocycles. The van der Waals surface area contributed by atoms with E-state index in [1.165, 1.54) is 0 Å². The van der Waals surface area contributed by atoms with Gasteiger partial charge >= 0.3 is 0 Å².